The third-order valence-electron chi connectivity index (χ3n) is 17.3. The number of amides is 3. The molecular formula is C95H142N8O18S. The van der Waals surface area contributed by atoms with Gasteiger partial charge in [-0.05, 0) is 197 Å². The molecule has 676 valence electrons. The Morgan fingerprint density at radius 1 is 0.443 bits per heavy atom. The summed E-state index contributed by atoms with van der Waals surface area (Å²) >= 11 is 0. The fraction of sp³-hybridized carbons (Fsp3) is 0.463. The van der Waals surface area contributed by atoms with Crippen molar-refractivity contribution in [2.24, 2.45) is 11.5 Å². The molecule has 0 aromatic heterocycles. The molecule has 0 radical (unpaired) electrons. The highest BCUT2D eigenvalue weighted by molar-refractivity contribution is 7.86. The number of phenols is 2. The number of aliphatic hydroxyl groups is 1. The molecule has 0 bridgehead atoms. The minimum atomic E-state index is -3.37. The van der Waals surface area contributed by atoms with Crippen LogP contribution in [-0.2, 0) is 54.7 Å². The number of aromatic hydroxyl groups is 2. The lowest BCUT2D eigenvalue weighted by atomic mass is 10.1. The molecule has 10 rings (SSSR count). The minimum absolute atomic E-state index is 0.0681. The molecule has 2 saturated heterocycles. The molecule has 2 aliphatic rings. The van der Waals surface area contributed by atoms with Crippen LogP contribution in [0.1, 0.15) is 193 Å². The number of methoxy groups -OCH3 is 4. The summed E-state index contributed by atoms with van der Waals surface area (Å²) in [7, 11) is 2.82. The molecule has 0 aliphatic carbocycles. The van der Waals surface area contributed by atoms with Crippen molar-refractivity contribution in [3.63, 3.8) is 0 Å². The molecule has 2 fully saturated rings. The van der Waals surface area contributed by atoms with Crippen molar-refractivity contribution in [1.82, 2.24) is 30.7 Å². The van der Waals surface area contributed by atoms with E-state index >= 15 is 0 Å². The van der Waals surface area contributed by atoms with Gasteiger partial charge >= 0.3 is 18.3 Å². The number of nitrogens with two attached hydrogens (primary N) is 2. The van der Waals surface area contributed by atoms with E-state index in [1.165, 1.54) is 37.8 Å². The number of ether oxygens (including phenoxy) is 9. The summed E-state index contributed by atoms with van der Waals surface area (Å²) in [6, 6.07) is 62.2. The Bertz CT molecular complexity index is 4290. The highest BCUT2D eigenvalue weighted by atomic mass is 32.2. The Morgan fingerprint density at radius 3 is 1.10 bits per heavy atom. The van der Waals surface area contributed by atoms with Gasteiger partial charge in [0.15, 0.2) is 46.0 Å². The Morgan fingerprint density at radius 2 is 0.762 bits per heavy atom. The average Bonchev–Trinajstić information content (AvgIpc) is 0.823. The summed E-state index contributed by atoms with van der Waals surface area (Å²) in [5.74, 6) is 3.90. The second-order valence-corrected chi connectivity index (χ2v) is 32.7. The zero-order chi connectivity index (χ0) is 91.4. The largest absolute Gasteiger partial charge is 0.504 e. The fourth-order valence-corrected chi connectivity index (χ4v) is 11.8. The van der Waals surface area contributed by atoms with E-state index in [1.54, 1.807) is 84.1 Å². The van der Waals surface area contributed by atoms with Crippen LogP contribution in [0.5, 0.6) is 46.0 Å². The fourth-order valence-electron chi connectivity index (χ4n) is 11.2. The summed E-state index contributed by atoms with van der Waals surface area (Å²) in [5.41, 5.74) is 17.7. The number of carbonyl (C=O) groups is 3. The third-order valence-corrected chi connectivity index (χ3v) is 18.0. The van der Waals surface area contributed by atoms with Gasteiger partial charge in [0, 0.05) is 90.6 Å². The van der Waals surface area contributed by atoms with Crippen molar-refractivity contribution in [2.75, 3.05) is 100 Å². The molecule has 0 saturated carbocycles. The normalized spacial score (nSPS) is 13.4. The minimum Gasteiger partial charge on any atom is -0.504 e. The Kier molecular flexibility index (Phi) is 51.1. The van der Waals surface area contributed by atoms with Crippen LogP contribution in [0.25, 0.3) is 0 Å². The molecule has 8 aromatic rings. The van der Waals surface area contributed by atoms with Crippen molar-refractivity contribution < 1.29 is 84.9 Å². The molecule has 27 heteroatoms. The molecule has 0 unspecified atom stereocenters. The number of nitrogens with one attached hydrogen (secondary N) is 3. The van der Waals surface area contributed by atoms with Gasteiger partial charge < -0.3 is 90.3 Å². The van der Waals surface area contributed by atoms with E-state index in [0.29, 0.717) is 74.5 Å². The maximum Gasteiger partial charge on any atom is 0.410 e. The van der Waals surface area contributed by atoms with Gasteiger partial charge in [-0.15, -0.1) is 0 Å². The SMILES string of the molecule is CCC.CCOc1ccc(CN)cc1OC.CCOc1ccc(CNC(=O)OC(C)(C)C)cc1OC.COc1cc(CN)ccc1O.COc1cc(CNC(=O)OC(C)(C)C)ccc1O.C[C@H](O)c1ccccc1.C[C@H](OS(C)(=O)=O)c1ccccc1.C[C@H](c1ccccc1)N1CCN(C(=O)OC(C)(C)C)CC1.C[C@H](c1ccccc1)N1CCNCC1. The smallest absolute Gasteiger partial charge is 0.410 e. The van der Waals surface area contributed by atoms with E-state index in [2.05, 4.69) is 108 Å². The summed E-state index contributed by atoms with van der Waals surface area (Å²) in [5, 5.41) is 36.3. The summed E-state index contributed by atoms with van der Waals surface area (Å²) in [4.78, 5) is 41.8. The van der Waals surface area contributed by atoms with Crippen molar-refractivity contribution >= 4 is 28.4 Å². The van der Waals surface area contributed by atoms with Gasteiger partial charge in [0.05, 0.1) is 60.1 Å². The molecule has 2 aliphatic heterocycles. The number of hydrogen-bond donors (Lipinski definition) is 8. The first kappa shape index (κ1) is 108. The lowest BCUT2D eigenvalue weighted by Crippen LogP contribution is -2.50. The second kappa shape index (κ2) is 57.8. The highest BCUT2D eigenvalue weighted by Gasteiger charge is 2.28. The van der Waals surface area contributed by atoms with Crippen LogP contribution >= 0.6 is 0 Å². The van der Waals surface area contributed by atoms with E-state index in [4.69, 9.17) is 68.5 Å². The van der Waals surface area contributed by atoms with Crippen LogP contribution in [-0.4, -0.2) is 174 Å². The molecular weight excluding hydrogens is 1570 g/mol. The summed E-state index contributed by atoms with van der Waals surface area (Å²) in [6.45, 7) is 43.3. The van der Waals surface area contributed by atoms with E-state index in [0.717, 1.165) is 103 Å². The van der Waals surface area contributed by atoms with Gasteiger partial charge in [0.1, 0.15) is 16.8 Å². The molecule has 4 atom stereocenters. The molecule has 10 N–H and O–H groups in total. The van der Waals surface area contributed by atoms with Crippen LogP contribution in [0.3, 0.4) is 0 Å². The number of nitrogens with zero attached hydrogens (tertiary/aromatic N) is 3. The van der Waals surface area contributed by atoms with Crippen LogP contribution in [0.2, 0.25) is 0 Å². The molecule has 26 nitrogen and oxygen atoms in total. The number of piperazine rings is 2. The Hall–Kier alpha value is -10.4. The number of phenolic OH excluding ortho intramolecular Hbond substituents is 2. The van der Waals surface area contributed by atoms with Gasteiger partial charge in [0.2, 0.25) is 0 Å². The molecule has 122 heavy (non-hydrogen) atoms. The van der Waals surface area contributed by atoms with Crippen molar-refractivity contribution in [3.05, 3.63) is 239 Å². The first-order chi connectivity index (χ1) is 57.7. The third kappa shape index (κ3) is 46.0. The van der Waals surface area contributed by atoms with Crippen LogP contribution < -0.4 is 55.8 Å². The number of benzene rings is 8. The predicted molar refractivity (Wildman–Crippen MR) is 487 cm³/mol. The number of hydrogen-bond acceptors (Lipinski definition) is 23. The van der Waals surface area contributed by atoms with Crippen LogP contribution in [0.15, 0.2) is 194 Å². The second-order valence-electron chi connectivity index (χ2n) is 31.1. The van der Waals surface area contributed by atoms with Crippen molar-refractivity contribution in [1.29, 1.82) is 0 Å². The van der Waals surface area contributed by atoms with E-state index < -0.39 is 45.2 Å². The first-order valence-corrected chi connectivity index (χ1v) is 43.1. The summed E-state index contributed by atoms with van der Waals surface area (Å²) in [6.07, 6.45) is 0.420. The lowest BCUT2D eigenvalue weighted by Gasteiger charge is -2.38. The predicted octanol–water partition coefficient (Wildman–Crippen LogP) is 17.8. The van der Waals surface area contributed by atoms with Gasteiger partial charge in [-0.1, -0.05) is 166 Å². The zero-order valence-electron chi connectivity index (χ0n) is 76.3. The molecule has 2 heterocycles. The quantitative estimate of drug-likeness (QED) is 0.0231. The van der Waals surface area contributed by atoms with Gasteiger partial charge in [-0.3, -0.25) is 14.0 Å². The van der Waals surface area contributed by atoms with E-state index in [-0.39, 0.29) is 23.7 Å². The molecule has 0 spiro atoms. The molecule has 3 amide bonds. The average molecular weight is 1720 g/mol. The first-order valence-electron chi connectivity index (χ1n) is 41.3. The van der Waals surface area contributed by atoms with E-state index in [1.807, 2.05) is 159 Å². The maximum atomic E-state index is 12.0. The van der Waals surface area contributed by atoms with Crippen molar-refractivity contribution in [2.45, 2.75) is 191 Å². The Labute approximate surface area is 727 Å². The topological polar surface area (TPSA) is 336 Å². The highest BCUT2D eigenvalue weighted by Crippen LogP contribution is 2.32. The number of carbonyl (C=O) groups excluding carboxylic acids is 3. The van der Waals surface area contributed by atoms with Gasteiger partial charge in [-0.25, -0.2) is 14.4 Å². The standard InChI is InChI=1S/C17H26N2O2.C15H23NO4.C13H19NO4.C12H18N2.C10H15NO2.C9H12O3S.C8H11NO2.C8H10O.C3H8/c1-14(15-8-6-5-7-9-15)18-10-12-19(13-11-18)16(20)21-17(2,3)4;1-6-19-12-8-7-11(9-13(12)18-5)10-16-14(17)20-15(2,3)4;1-13(2,3)18-12(16)14-8-9-5-6-10(15)11(7-9)17-4;1-11(12-5-3-2-4-6-12)14-9-7-13-8-10-14;1-3-13-9-5-4-8(7-11)6-10(9)12-2;1-8(12-13(2,10)11)9-6-4-3-5-7-9;1-11-8-4-6(5-9)2-3-7(8)10;1-7(9)8-5-3-2-4-6-8;1-3-2/h5-9,14H,10-13H2,1-4H3;7-9H,6,10H2,1-5H3,(H,16,17);5-7,15H,8H2,1-4H3,(H,14,16);2-6,11,13H,7-10H2,1H3;4-6H,3,7,11H2,1-2H3;3-8H,1-2H3;2-4,10H,5,9H2,1H3;2-7,9H,1H3;3H2,1-2H3/t14-;;;11-;;8-;;7-;/m1..1.0.0./s1. The maximum absolute atomic E-state index is 12.0. The summed E-state index contributed by atoms with van der Waals surface area (Å²) < 4.78 is 73.2. The zero-order valence-corrected chi connectivity index (χ0v) is 77.1. The van der Waals surface area contributed by atoms with Crippen LogP contribution in [0.4, 0.5) is 14.4 Å². The lowest BCUT2D eigenvalue weighted by molar-refractivity contribution is 0.0109. The van der Waals surface area contributed by atoms with Crippen molar-refractivity contribution in [3.8, 4) is 46.0 Å². The molecule has 8 aromatic carbocycles. The number of aliphatic hydroxyl groups excluding tert-OH is 1. The van der Waals surface area contributed by atoms with E-state index in [9.17, 15) is 27.9 Å². The number of alkyl carbamates (subject to hydrolysis) is 2. The monoisotopic (exact) mass is 1720 g/mol. The Balaban J connectivity index is 0.000000476. The number of rotatable bonds is 22. The van der Waals surface area contributed by atoms with Crippen LogP contribution in [0, 0.1) is 0 Å². The van der Waals surface area contributed by atoms with Gasteiger partial charge in [-0.2, -0.15) is 8.42 Å². The van der Waals surface area contributed by atoms with Gasteiger partial charge in [0.25, 0.3) is 10.1 Å².